The summed E-state index contributed by atoms with van der Waals surface area (Å²) in [5.41, 5.74) is 0.800. The Morgan fingerprint density at radius 2 is 2.26 bits per heavy atom. The van der Waals surface area contributed by atoms with Crippen LogP contribution in [0.4, 0.5) is 0 Å². The van der Waals surface area contributed by atoms with E-state index >= 15 is 0 Å². The third-order valence-electron chi connectivity index (χ3n) is 2.95. The fourth-order valence-corrected chi connectivity index (χ4v) is 2.45. The van der Waals surface area contributed by atoms with Crippen molar-refractivity contribution >= 4 is 45.9 Å². The number of ketones is 2. The molecule has 1 aromatic carbocycles. The second-order valence-electron chi connectivity index (χ2n) is 4.54. The van der Waals surface area contributed by atoms with E-state index in [-0.39, 0.29) is 17.1 Å². The Kier molecular flexibility index (Phi) is 4.30. The predicted molar refractivity (Wildman–Crippen MR) is 88.5 cm³/mol. The zero-order valence-corrected chi connectivity index (χ0v) is 13.9. The van der Waals surface area contributed by atoms with Gasteiger partial charge < -0.3 is 4.74 Å². The smallest absolute Gasteiger partial charge is 0.240 e. The van der Waals surface area contributed by atoms with E-state index < -0.39 is 11.6 Å². The standard InChI is InChI=1S/C14H9BrN4O3S/c15-9-3-1-2-8(4-9)13-17-18-14(23)19(13)16-6-10-5-11(20)12(21)7-22-10/h1-6H,7H2,(H,18,23)/b16-6+. The quantitative estimate of drug-likeness (QED) is 0.491. The molecule has 23 heavy (non-hydrogen) atoms. The first-order valence-electron chi connectivity index (χ1n) is 6.44. The molecule has 3 rings (SSSR count). The molecule has 0 radical (unpaired) electrons. The topological polar surface area (TPSA) is 89.3 Å². The van der Waals surface area contributed by atoms with Crippen LogP contribution >= 0.6 is 28.1 Å². The highest BCUT2D eigenvalue weighted by Gasteiger charge is 2.19. The lowest BCUT2D eigenvalue weighted by Crippen LogP contribution is -2.23. The second kappa shape index (κ2) is 6.39. The van der Waals surface area contributed by atoms with Gasteiger partial charge in [-0.05, 0) is 24.4 Å². The molecule has 0 fully saturated rings. The molecule has 116 valence electrons. The van der Waals surface area contributed by atoms with E-state index in [1.807, 2.05) is 24.3 Å². The van der Waals surface area contributed by atoms with Gasteiger partial charge in [-0.2, -0.15) is 14.9 Å². The van der Waals surface area contributed by atoms with Crippen LogP contribution in [0.2, 0.25) is 0 Å². The maximum Gasteiger partial charge on any atom is 0.240 e. The van der Waals surface area contributed by atoms with Crippen LogP contribution < -0.4 is 0 Å². The molecule has 2 heterocycles. The number of H-pyrrole nitrogens is 1. The van der Waals surface area contributed by atoms with E-state index in [1.165, 1.54) is 10.9 Å². The highest BCUT2D eigenvalue weighted by molar-refractivity contribution is 9.10. The lowest BCUT2D eigenvalue weighted by molar-refractivity contribution is -0.137. The first kappa shape index (κ1) is 15.5. The molecule has 1 aliphatic rings. The van der Waals surface area contributed by atoms with E-state index in [1.54, 1.807) is 0 Å². The number of nitrogens with zero attached hydrogens (tertiary/aromatic N) is 3. The van der Waals surface area contributed by atoms with Gasteiger partial charge in [0.1, 0.15) is 5.76 Å². The van der Waals surface area contributed by atoms with E-state index in [9.17, 15) is 9.59 Å². The first-order chi connectivity index (χ1) is 11.0. The van der Waals surface area contributed by atoms with Crippen LogP contribution in [0.3, 0.4) is 0 Å². The van der Waals surface area contributed by atoms with Gasteiger partial charge >= 0.3 is 0 Å². The molecule has 1 N–H and O–H groups in total. The van der Waals surface area contributed by atoms with Gasteiger partial charge in [0.25, 0.3) is 0 Å². The highest BCUT2D eigenvalue weighted by atomic mass is 79.9. The third kappa shape index (κ3) is 3.35. The van der Waals surface area contributed by atoms with Crippen LogP contribution in [-0.2, 0) is 14.3 Å². The number of ether oxygens (including phenoxy) is 1. The minimum Gasteiger partial charge on any atom is -0.483 e. The molecule has 9 heteroatoms. The molecule has 1 aliphatic heterocycles. The maximum absolute atomic E-state index is 11.3. The van der Waals surface area contributed by atoms with Crippen LogP contribution in [-0.4, -0.2) is 39.3 Å². The van der Waals surface area contributed by atoms with Crippen molar-refractivity contribution in [2.24, 2.45) is 5.10 Å². The van der Waals surface area contributed by atoms with Crippen molar-refractivity contribution in [1.29, 1.82) is 0 Å². The number of carbonyl (C=O) groups excluding carboxylic acids is 2. The minimum atomic E-state index is -0.610. The van der Waals surface area contributed by atoms with Crippen molar-refractivity contribution in [3.63, 3.8) is 0 Å². The monoisotopic (exact) mass is 392 g/mol. The maximum atomic E-state index is 11.3. The van der Waals surface area contributed by atoms with E-state index in [2.05, 4.69) is 31.2 Å². The van der Waals surface area contributed by atoms with Crippen LogP contribution in [0.1, 0.15) is 0 Å². The Hall–Kier alpha value is -2.39. The second-order valence-corrected chi connectivity index (χ2v) is 5.84. The SMILES string of the molecule is O=C1C=C(/C=N/n2c(-c3cccc(Br)c3)n[nH]c2=S)OCC1=O. The van der Waals surface area contributed by atoms with Crippen molar-refractivity contribution < 1.29 is 14.3 Å². The molecule has 0 spiro atoms. The number of aromatic amines is 1. The van der Waals surface area contributed by atoms with E-state index in [0.29, 0.717) is 5.82 Å². The molecule has 2 aromatic rings. The van der Waals surface area contributed by atoms with Crippen molar-refractivity contribution in [3.8, 4) is 11.4 Å². The molecular formula is C14H9BrN4O3S. The Morgan fingerprint density at radius 3 is 3.00 bits per heavy atom. The number of aromatic nitrogens is 3. The zero-order chi connectivity index (χ0) is 16.4. The average molecular weight is 393 g/mol. The Labute approximate surface area is 143 Å². The summed E-state index contributed by atoms with van der Waals surface area (Å²) in [6.45, 7) is -0.286. The van der Waals surface area contributed by atoms with Gasteiger partial charge in [-0.1, -0.05) is 28.1 Å². The molecule has 0 bridgehead atoms. The lowest BCUT2D eigenvalue weighted by atomic mass is 10.2. The normalized spacial score (nSPS) is 14.9. The number of halogens is 1. The number of benzene rings is 1. The molecular weight excluding hydrogens is 384 g/mol. The molecule has 0 amide bonds. The zero-order valence-electron chi connectivity index (χ0n) is 11.5. The Morgan fingerprint density at radius 1 is 1.43 bits per heavy atom. The summed E-state index contributed by atoms with van der Waals surface area (Å²) in [6.07, 6.45) is 2.41. The predicted octanol–water partition coefficient (Wildman–Crippen LogP) is 2.26. The van der Waals surface area contributed by atoms with Gasteiger partial charge in [0.2, 0.25) is 16.3 Å². The van der Waals surface area contributed by atoms with Gasteiger partial charge in [0, 0.05) is 16.1 Å². The van der Waals surface area contributed by atoms with Gasteiger partial charge in [-0.3, -0.25) is 9.59 Å². The fourth-order valence-electron chi connectivity index (χ4n) is 1.87. The fraction of sp³-hybridized carbons (Fsp3) is 0.0714. The number of carbonyl (C=O) groups is 2. The van der Waals surface area contributed by atoms with Crippen LogP contribution in [0.5, 0.6) is 0 Å². The van der Waals surface area contributed by atoms with E-state index in [4.69, 9.17) is 17.0 Å². The van der Waals surface area contributed by atoms with Crippen LogP contribution in [0.25, 0.3) is 11.4 Å². The summed E-state index contributed by atoms with van der Waals surface area (Å²) in [5.74, 6) is -0.498. The number of allylic oxidation sites excluding steroid dienone is 2. The van der Waals surface area contributed by atoms with Gasteiger partial charge in [0.05, 0.1) is 6.21 Å². The first-order valence-corrected chi connectivity index (χ1v) is 7.64. The highest BCUT2D eigenvalue weighted by Crippen LogP contribution is 2.21. The summed E-state index contributed by atoms with van der Waals surface area (Å²) in [5, 5.41) is 11.0. The van der Waals surface area contributed by atoms with Crippen LogP contribution in [0, 0.1) is 4.77 Å². The van der Waals surface area contributed by atoms with Gasteiger partial charge in [-0.15, -0.1) is 0 Å². The van der Waals surface area contributed by atoms with Gasteiger partial charge in [-0.25, -0.2) is 5.10 Å². The molecule has 7 nitrogen and oxygen atoms in total. The molecule has 0 aliphatic carbocycles. The number of nitrogens with one attached hydrogen (secondary N) is 1. The largest absolute Gasteiger partial charge is 0.483 e. The summed E-state index contributed by atoms with van der Waals surface area (Å²) < 4.78 is 7.70. The van der Waals surface area contributed by atoms with Gasteiger partial charge in [0.15, 0.2) is 12.4 Å². The minimum absolute atomic E-state index is 0.192. The Bertz CT molecular complexity index is 913. The molecule has 0 unspecified atom stereocenters. The van der Waals surface area contributed by atoms with Crippen LogP contribution in [0.15, 0.2) is 45.7 Å². The average Bonchev–Trinajstić information content (AvgIpc) is 2.89. The van der Waals surface area contributed by atoms with Crippen molar-refractivity contribution in [3.05, 3.63) is 45.3 Å². The van der Waals surface area contributed by atoms with Crippen molar-refractivity contribution in [2.45, 2.75) is 0 Å². The third-order valence-corrected chi connectivity index (χ3v) is 3.71. The summed E-state index contributed by atoms with van der Waals surface area (Å²) in [7, 11) is 0. The van der Waals surface area contributed by atoms with Crippen molar-refractivity contribution in [2.75, 3.05) is 6.61 Å². The molecule has 0 saturated carbocycles. The summed E-state index contributed by atoms with van der Waals surface area (Å²) in [6, 6.07) is 7.49. The number of hydrogen-bond donors (Lipinski definition) is 1. The number of rotatable bonds is 3. The molecule has 1 aromatic heterocycles. The summed E-state index contributed by atoms with van der Waals surface area (Å²) >= 11 is 8.55. The lowest BCUT2D eigenvalue weighted by Gasteiger charge is -2.09. The molecule has 0 atom stereocenters. The van der Waals surface area contributed by atoms with E-state index in [0.717, 1.165) is 16.1 Å². The molecule has 0 saturated heterocycles. The van der Waals surface area contributed by atoms with Crippen molar-refractivity contribution in [1.82, 2.24) is 14.9 Å². The number of Topliss-reactive ketones (excluding diaryl/α,β-unsaturated/α-hetero) is 1. The Balaban J connectivity index is 1.95. The number of hydrogen-bond acceptors (Lipinski definition) is 6. The summed E-state index contributed by atoms with van der Waals surface area (Å²) in [4.78, 5) is 22.4.